The molecule has 0 fully saturated rings. The first-order chi connectivity index (χ1) is 13.8. The van der Waals surface area contributed by atoms with Crippen LogP contribution in [-0.4, -0.2) is 28.0 Å². The van der Waals surface area contributed by atoms with Gasteiger partial charge in [0, 0.05) is 17.2 Å². The summed E-state index contributed by atoms with van der Waals surface area (Å²) in [5.41, 5.74) is 2.22. The van der Waals surface area contributed by atoms with E-state index in [2.05, 4.69) is 4.99 Å². The number of ether oxygens (including phenoxy) is 1. The molecule has 9 heteroatoms. The molecule has 0 saturated carbocycles. The third-order valence-corrected chi connectivity index (χ3v) is 5.32. The average molecular weight is 413 g/mol. The first-order valence-electron chi connectivity index (χ1n) is 8.90. The number of aromatic nitrogens is 1. The van der Waals surface area contributed by atoms with Crippen molar-refractivity contribution in [1.82, 2.24) is 4.57 Å². The molecule has 2 aromatic carbocycles. The van der Waals surface area contributed by atoms with E-state index >= 15 is 0 Å². The van der Waals surface area contributed by atoms with Crippen molar-refractivity contribution in [1.29, 1.82) is 0 Å². The van der Waals surface area contributed by atoms with Gasteiger partial charge in [-0.15, -0.1) is 0 Å². The van der Waals surface area contributed by atoms with Crippen LogP contribution in [-0.2, 0) is 16.1 Å². The number of benzene rings is 2. The summed E-state index contributed by atoms with van der Waals surface area (Å²) in [7, 11) is 0. The predicted octanol–water partition coefficient (Wildman–Crippen LogP) is 3.53. The third kappa shape index (κ3) is 4.40. The summed E-state index contributed by atoms with van der Waals surface area (Å²) in [4.78, 5) is 39.8. The predicted molar refractivity (Wildman–Crippen MR) is 109 cm³/mol. The lowest BCUT2D eigenvalue weighted by molar-refractivity contribution is -0.385. The van der Waals surface area contributed by atoms with Crippen LogP contribution in [0.5, 0.6) is 0 Å². The summed E-state index contributed by atoms with van der Waals surface area (Å²) in [5, 5.41) is 11.2. The molecule has 0 radical (unpaired) electrons. The van der Waals surface area contributed by atoms with Crippen molar-refractivity contribution < 1.29 is 19.2 Å². The van der Waals surface area contributed by atoms with Gasteiger partial charge in [-0.2, -0.15) is 4.99 Å². The highest BCUT2D eigenvalue weighted by atomic mass is 32.1. The molecule has 0 aliphatic heterocycles. The molecule has 1 heterocycles. The van der Waals surface area contributed by atoms with Crippen LogP contribution in [0.3, 0.4) is 0 Å². The minimum atomic E-state index is -0.617. The Morgan fingerprint density at radius 1 is 1.21 bits per heavy atom. The number of esters is 1. The smallest absolute Gasteiger partial charge is 0.326 e. The van der Waals surface area contributed by atoms with Gasteiger partial charge in [-0.3, -0.25) is 19.7 Å². The van der Waals surface area contributed by atoms with Crippen molar-refractivity contribution in [2.24, 2.45) is 4.99 Å². The van der Waals surface area contributed by atoms with E-state index < -0.39 is 16.8 Å². The molecular weight excluding hydrogens is 394 g/mol. The molecule has 0 N–H and O–H groups in total. The SMILES string of the molecule is CCOC(=O)Cn1c(=NC(=O)c2ccc(C)c([N+](=O)[O-])c2)sc2cc(C)ccc21. The molecule has 3 rings (SSSR count). The average Bonchev–Trinajstić information content (AvgIpc) is 2.98. The number of thiazole rings is 1. The fraction of sp³-hybridized carbons (Fsp3) is 0.250. The molecule has 150 valence electrons. The second kappa shape index (κ2) is 8.36. The van der Waals surface area contributed by atoms with E-state index in [1.165, 1.54) is 29.5 Å². The van der Waals surface area contributed by atoms with Crippen LogP contribution in [0.25, 0.3) is 10.2 Å². The first kappa shape index (κ1) is 20.4. The number of carbonyl (C=O) groups is 2. The zero-order valence-corrected chi connectivity index (χ0v) is 17.0. The summed E-state index contributed by atoms with van der Waals surface area (Å²) in [6.45, 7) is 5.43. The normalized spacial score (nSPS) is 11.6. The number of hydrogen-bond donors (Lipinski definition) is 0. The molecule has 0 bridgehead atoms. The number of nitrogens with zero attached hydrogens (tertiary/aromatic N) is 3. The maximum Gasteiger partial charge on any atom is 0.326 e. The monoisotopic (exact) mass is 413 g/mol. The standard InChI is InChI=1S/C20H19N3O5S/c1-4-28-18(24)11-22-15-8-5-12(2)9-17(15)29-20(22)21-19(25)14-7-6-13(3)16(10-14)23(26)27/h5-10H,4,11H2,1-3H3. The molecule has 3 aromatic rings. The van der Waals surface area contributed by atoms with E-state index in [0.717, 1.165) is 15.8 Å². The molecule has 0 aliphatic rings. The Labute approximate surface area is 170 Å². The Morgan fingerprint density at radius 3 is 2.66 bits per heavy atom. The second-order valence-electron chi connectivity index (χ2n) is 6.42. The van der Waals surface area contributed by atoms with Crippen LogP contribution in [0.15, 0.2) is 41.4 Å². The molecule has 29 heavy (non-hydrogen) atoms. The van der Waals surface area contributed by atoms with Gasteiger partial charge in [0.15, 0.2) is 4.80 Å². The molecule has 1 amide bonds. The lowest BCUT2D eigenvalue weighted by Crippen LogP contribution is -2.23. The Hall–Kier alpha value is -3.33. The van der Waals surface area contributed by atoms with Gasteiger partial charge in [0.1, 0.15) is 6.54 Å². The largest absolute Gasteiger partial charge is 0.465 e. The van der Waals surface area contributed by atoms with Crippen molar-refractivity contribution in [3.8, 4) is 0 Å². The fourth-order valence-corrected chi connectivity index (χ4v) is 3.97. The quantitative estimate of drug-likeness (QED) is 0.362. The van der Waals surface area contributed by atoms with Gasteiger partial charge in [-0.05, 0) is 44.5 Å². The van der Waals surface area contributed by atoms with E-state index in [0.29, 0.717) is 10.4 Å². The lowest BCUT2D eigenvalue weighted by atomic mass is 10.1. The van der Waals surface area contributed by atoms with Gasteiger partial charge in [-0.25, -0.2) is 0 Å². The van der Waals surface area contributed by atoms with E-state index in [1.54, 1.807) is 18.4 Å². The summed E-state index contributed by atoms with van der Waals surface area (Å²) in [6.07, 6.45) is 0. The summed E-state index contributed by atoms with van der Waals surface area (Å²) in [6, 6.07) is 9.95. The minimum Gasteiger partial charge on any atom is -0.465 e. The highest BCUT2D eigenvalue weighted by molar-refractivity contribution is 7.16. The van der Waals surface area contributed by atoms with Gasteiger partial charge in [-0.1, -0.05) is 23.5 Å². The molecule has 0 saturated heterocycles. The van der Waals surface area contributed by atoms with Crippen LogP contribution in [0.1, 0.15) is 28.4 Å². The van der Waals surface area contributed by atoms with Crippen molar-refractivity contribution in [2.75, 3.05) is 6.61 Å². The molecule has 0 spiro atoms. The Morgan fingerprint density at radius 2 is 1.97 bits per heavy atom. The van der Waals surface area contributed by atoms with Crippen LogP contribution < -0.4 is 4.80 Å². The Bertz CT molecular complexity index is 1190. The van der Waals surface area contributed by atoms with E-state index in [1.807, 2.05) is 25.1 Å². The van der Waals surface area contributed by atoms with Crippen molar-refractivity contribution in [2.45, 2.75) is 27.3 Å². The van der Waals surface area contributed by atoms with Crippen molar-refractivity contribution in [3.63, 3.8) is 0 Å². The fourth-order valence-electron chi connectivity index (χ4n) is 2.84. The van der Waals surface area contributed by atoms with Crippen LogP contribution in [0, 0.1) is 24.0 Å². The number of rotatable bonds is 5. The number of amides is 1. The summed E-state index contributed by atoms with van der Waals surface area (Å²) >= 11 is 1.27. The minimum absolute atomic E-state index is 0.0863. The van der Waals surface area contributed by atoms with Gasteiger partial charge >= 0.3 is 5.97 Å². The zero-order chi connectivity index (χ0) is 21.1. The summed E-state index contributed by atoms with van der Waals surface area (Å²) < 4.78 is 7.53. The highest BCUT2D eigenvalue weighted by Gasteiger charge is 2.16. The maximum absolute atomic E-state index is 12.7. The number of nitro groups is 1. The van der Waals surface area contributed by atoms with E-state index in [9.17, 15) is 19.7 Å². The van der Waals surface area contributed by atoms with Gasteiger partial charge < -0.3 is 9.30 Å². The van der Waals surface area contributed by atoms with Crippen LogP contribution >= 0.6 is 11.3 Å². The number of fused-ring (bicyclic) bond motifs is 1. The number of nitro benzene ring substituents is 1. The topological polar surface area (TPSA) is 104 Å². The Kier molecular flexibility index (Phi) is 5.88. The zero-order valence-electron chi connectivity index (χ0n) is 16.2. The second-order valence-corrected chi connectivity index (χ2v) is 7.43. The molecule has 0 aliphatic carbocycles. The first-order valence-corrected chi connectivity index (χ1v) is 9.71. The molecule has 0 atom stereocenters. The molecular formula is C20H19N3O5S. The molecule has 8 nitrogen and oxygen atoms in total. The number of hydrogen-bond acceptors (Lipinski definition) is 6. The van der Waals surface area contributed by atoms with E-state index in [4.69, 9.17) is 4.74 Å². The third-order valence-electron chi connectivity index (χ3n) is 4.28. The number of carbonyl (C=O) groups excluding carboxylic acids is 2. The van der Waals surface area contributed by atoms with Gasteiger partial charge in [0.25, 0.3) is 11.6 Å². The Balaban J connectivity index is 2.11. The van der Waals surface area contributed by atoms with Crippen LogP contribution in [0.2, 0.25) is 0 Å². The molecule has 0 unspecified atom stereocenters. The van der Waals surface area contributed by atoms with Gasteiger partial charge in [0.05, 0.1) is 21.7 Å². The van der Waals surface area contributed by atoms with Crippen LogP contribution in [0.4, 0.5) is 5.69 Å². The van der Waals surface area contributed by atoms with Crippen molar-refractivity contribution >= 4 is 39.1 Å². The lowest BCUT2D eigenvalue weighted by Gasteiger charge is -2.05. The highest BCUT2D eigenvalue weighted by Crippen LogP contribution is 2.21. The summed E-state index contributed by atoms with van der Waals surface area (Å²) in [5.74, 6) is -1.05. The number of aryl methyl sites for hydroxylation is 2. The maximum atomic E-state index is 12.7. The van der Waals surface area contributed by atoms with Crippen molar-refractivity contribution in [3.05, 3.63) is 68.0 Å². The van der Waals surface area contributed by atoms with E-state index in [-0.39, 0.29) is 24.4 Å². The van der Waals surface area contributed by atoms with Gasteiger partial charge in [0.2, 0.25) is 0 Å². The molecule has 1 aromatic heterocycles.